The number of nitrogens with zero attached hydrogens (tertiary/aromatic N) is 1. The zero-order valence-corrected chi connectivity index (χ0v) is 37.0. The molecule has 13 nitrogen and oxygen atoms in total. The molecule has 67 heavy (non-hydrogen) atoms. The number of benzene rings is 6. The Bertz CT molecular complexity index is 2200. The van der Waals surface area contributed by atoms with Crippen molar-refractivity contribution in [1.29, 1.82) is 0 Å². The number of nitrogens with one attached hydrogen (secondary N) is 3. The lowest BCUT2D eigenvalue weighted by atomic mass is 10.1. The third kappa shape index (κ3) is 17.2. The lowest BCUT2D eigenvalue weighted by Crippen LogP contribution is -2.53. The van der Waals surface area contributed by atoms with Crippen LogP contribution in [0.3, 0.4) is 0 Å². The molecule has 0 saturated heterocycles. The van der Waals surface area contributed by atoms with Gasteiger partial charge in [-0.05, 0) is 33.4 Å². The highest BCUT2D eigenvalue weighted by Crippen LogP contribution is 2.12. The number of amides is 3. The first kappa shape index (κ1) is 48.6. The Morgan fingerprint density at radius 1 is 0.328 bits per heavy atom. The molecule has 3 N–H and O–H groups in total. The van der Waals surface area contributed by atoms with Gasteiger partial charge in [0.2, 0.25) is 17.7 Å². The molecule has 0 bridgehead atoms. The molecule has 0 aliphatic rings. The molecule has 344 valence electrons. The first-order valence-electron chi connectivity index (χ1n) is 22.0. The fourth-order valence-electron chi connectivity index (χ4n) is 7.11. The molecule has 6 rings (SSSR count). The van der Waals surface area contributed by atoms with Crippen molar-refractivity contribution in [3.05, 3.63) is 215 Å². The molecule has 0 aromatic heterocycles. The summed E-state index contributed by atoms with van der Waals surface area (Å²) in [5.74, 6) is -4.12. The predicted octanol–water partition coefficient (Wildman–Crippen LogP) is 5.70. The van der Waals surface area contributed by atoms with Crippen molar-refractivity contribution >= 4 is 35.6 Å². The van der Waals surface area contributed by atoms with E-state index >= 15 is 0 Å². The van der Waals surface area contributed by atoms with Gasteiger partial charge in [0.1, 0.15) is 37.9 Å². The van der Waals surface area contributed by atoms with Gasteiger partial charge in [-0.3, -0.25) is 19.3 Å². The molecule has 6 aromatic rings. The third-order valence-corrected chi connectivity index (χ3v) is 10.5. The lowest BCUT2D eigenvalue weighted by Gasteiger charge is -2.25. The van der Waals surface area contributed by atoms with E-state index in [1.165, 1.54) is 4.90 Å². The van der Waals surface area contributed by atoms with Crippen LogP contribution in [0, 0.1) is 0 Å². The molecule has 0 unspecified atom stereocenters. The van der Waals surface area contributed by atoms with Crippen LogP contribution in [-0.4, -0.2) is 78.3 Å². The topological polar surface area (TPSA) is 169 Å². The number of carbonyl (C=O) groups is 6. The molecular weight excluding hydrogens is 849 g/mol. The highest BCUT2D eigenvalue weighted by molar-refractivity contribution is 5.90. The van der Waals surface area contributed by atoms with Crippen LogP contribution < -0.4 is 16.0 Å². The molecule has 6 aromatic carbocycles. The summed E-state index contributed by atoms with van der Waals surface area (Å²) in [5, 5.41) is 8.28. The van der Waals surface area contributed by atoms with E-state index in [0.717, 1.165) is 33.4 Å². The maximum absolute atomic E-state index is 14.0. The average molecular weight is 903 g/mol. The Morgan fingerprint density at radius 3 is 0.761 bits per heavy atom. The second-order valence-electron chi connectivity index (χ2n) is 15.9. The normalized spacial score (nSPS) is 12.1. The van der Waals surface area contributed by atoms with E-state index in [0.29, 0.717) is 0 Å². The Morgan fingerprint density at radius 2 is 0.537 bits per heavy atom. The van der Waals surface area contributed by atoms with Crippen LogP contribution in [0.15, 0.2) is 182 Å². The second kappa shape index (κ2) is 26.2. The second-order valence-corrected chi connectivity index (χ2v) is 15.9. The molecule has 0 aliphatic heterocycles. The third-order valence-electron chi connectivity index (χ3n) is 10.5. The van der Waals surface area contributed by atoms with Crippen molar-refractivity contribution in [1.82, 2.24) is 20.9 Å². The van der Waals surface area contributed by atoms with E-state index in [1.54, 1.807) is 0 Å². The smallest absolute Gasteiger partial charge is 0.329 e. The van der Waals surface area contributed by atoms with Gasteiger partial charge in [-0.15, -0.1) is 0 Å². The SMILES string of the molecule is O=C(CN(CC(=O)N[C@@H](Cc1ccccc1)C(=O)OCc1ccccc1)CC(=O)N[C@@H](Cc1ccccc1)C(=O)OCc1ccccc1)N[C@@H](Cc1ccccc1)C(=O)OCc1ccccc1. The lowest BCUT2D eigenvalue weighted by molar-refractivity contribution is -0.149. The van der Waals surface area contributed by atoms with Gasteiger partial charge in [0, 0.05) is 19.3 Å². The van der Waals surface area contributed by atoms with Gasteiger partial charge in [-0.1, -0.05) is 182 Å². The number of hydrogen-bond donors (Lipinski definition) is 3. The fraction of sp³-hybridized carbons (Fsp3) is 0.222. The zero-order valence-electron chi connectivity index (χ0n) is 37.0. The Hall–Kier alpha value is -7.90. The number of esters is 3. The van der Waals surface area contributed by atoms with E-state index < -0.39 is 73.4 Å². The van der Waals surface area contributed by atoms with Crippen LogP contribution in [0.2, 0.25) is 0 Å². The summed E-state index contributed by atoms with van der Waals surface area (Å²) in [4.78, 5) is 84.1. The van der Waals surface area contributed by atoms with Crippen molar-refractivity contribution in [2.24, 2.45) is 0 Å². The summed E-state index contributed by atoms with van der Waals surface area (Å²) < 4.78 is 16.9. The summed E-state index contributed by atoms with van der Waals surface area (Å²) in [6.45, 7) is -1.69. The van der Waals surface area contributed by atoms with Crippen LogP contribution in [0.1, 0.15) is 33.4 Å². The fourth-order valence-corrected chi connectivity index (χ4v) is 7.11. The maximum atomic E-state index is 14.0. The van der Waals surface area contributed by atoms with E-state index in [-0.39, 0.29) is 39.1 Å². The Labute approximate surface area is 390 Å². The van der Waals surface area contributed by atoms with Gasteiger partial charge in [-0.25, -0.2) is 14.4 Å². The van der Waals surface area contributed by atoms with Crippen molar-refractivity contribution < 1.29 is 43.0 Å². The van der Waals surface area contributed by atoms with Gasteiger partial charge < -0.3 is 30.2 Å². The van der Waals surface area contributed by atoms with Crippen LogP contribution in [0.4, 0.5) is 0 Å². The largest absolute Gasteiger partial charge is 0.459 e. The number of ether oxygens (including phenoxy) is 3. The van der Waals surface area contributed by atoms with Gasteiger partial charge in [0.25, 0.3) is 0 Å². The maximum Gasteiger partial charge on any atom is 0.329 e. The summed E-state index contributed by atoms with van der Waals surface area (Å²) in [6.07, 6.45) is 0.291. The van der Waals surface area contributed by atoms with Crippen LogP contribution in [0.5, 0.6) is 0 Å². The van der Waals surface area contributed by atoms with E-state index in [9.17, 15) is 28.8 Å². The van der Waals surface area contributed by atoms with Gasteiger partial charge >= 0.3 is 17.9 Å². The van der Waals surface area contributed by atoms with Gasteiger partial charge in [-0.2, -0.15) is 0 Å². The number of carbonyl (C=O) groups excluding carboxylic acids is 6. The minimum absolute atomic E-state index is 0.0246. The minimum atomic E-state index is -1.13. The highest BCUT2D eigenvalue weighted by atomic mass is 16.5. The molecule has 13 heteroatoms. The monoisotopic (exact) mass is 902 g/mol. The Kier molecular flexibility index (Phi) is 19.0. The predicted molar refractivity (Wildman–Crippen MR) is 251 cm³/mol. The minimum Gasteiger partial charge on any atom is -0.459 e. The van der Waals surface area contributed by atoms with Crippen molar-refractivity contribution in [2.75, 3.05) is 19.6 Å². The van der Waals surface area contributed by atoms with Gasteiger partial charge in [0.15, 0.2) is 0 Å². The molecule has 0 aliphatic carbocycles. The molecule has 0 heterocycles. The standard InChI is InChI=1S/C54H54N4O9/c59-49(55-46(31-40-19-7-1-8-20-40)52(62)65-37-43-25-13-4-14-26-43)34-58(35-50(60)56-47(32-41-21-9-2-10-22-41)53(63)66-38-44-27-15-5-16-28-44)36-51(61)57-48(33-42-23-11-3-12-24-42)54(64)67-39-45-29-17-6-18-30-45/h1-30,46-48H,31-39H2,(H,55,59)(H,56,60)(H,57,61)/t46-,47-,48-/m0/s1. The highest BCUT2D eigenvalue weighted by Gasteiger charge is 2.29. The van der Waals surface area contributed by atoms with Crippen LogP contribution in [0.25, 0.3) is 0 Å². The van der Waals surface area contributed by atoms with Crippen molar-refractivity contribution in [3.63, 3.8) is 0 Å². The van der Waals surface area contributed by atoms with Crippen molar-refractivity contribution in [3.8, 4) is 0 Å². The quantitative estimate of drug-likeness (QED) is 0.0506. The summed E-state index contributed by atoms with van der Waals surface area (Å²) >= 11 is 0. The molecule has 0 radical (unpaired) electrons. The van der Waals surface area contributed by atoms with E-state index in [2.05, 4.69) is 16.0 Å². The molecule has 3 amide bonds. The summed E-state index contributed by atoms with van der Waals surface area (Å²) in [6, 6.07) is 51.2. The zero-order chi connectivity index (χ0) is 47.1. The molecular formula is C54H54N4O9. The Balaban J connectivity index is 1.20. The number of rotatable bonds is 24. The summed E-state index contributed by atoms with van der Waals surface area (Å²) in [5.41, 5.74) is 4.54. The molecule has 0 fully saturated rings. The van der Waals surface area contributed by atoms with E-state index in [4.69, 9.17) is 14.2 Å². The summed E-state index contributed by atoms with van der Waals surface area (Å²) in [7, 11) is 0. The first-order valence-corrected chi connectivity index (χ1v) is 22.0. The van der Waals surface area contributed by atoms with Crippen molar-refractivity contribution in [2.45, 2.75) is 57.2 Å². The average Bonchev–Trinajstić information content (AvgIpc) is 3.35. The molecule has 0 saturated carbocycles. The van der Waals surface area contributed by atoms with Gasteiger partial charge in [0.05, 0.1) is 19.6 Å². The first-order chi connectivity index (χ1) is 32.7. The number of hydrogen-bond acceptors (Lipinski definition) is 10. The molecule has 0 spiro atoms. The van der Waals surface area contributed by atoms with Crippen LogP contribution >= 0.6 is 0 Å². The van der Waals surface area contributed by atoms with E-state index in [1.807, 2.05) is 182 Å². The van der Waals surface area contributed by atoms with Crippen LogP contribution in [-0.2, 0) is 82.1 Å². The molecule has 3 atom stereocenters.